The van der Waals surface area contributed by atoms with Crippen LogP contribution >= 0.6 is 11.6 Å². The van der Waals surface area contributed by atoms with Crippen molar-refractivity contribution < 1.29 is 9.72 Å². The van der Waals surface area contributed by atoms with Crippen LogP contribution < -0.4 is 11.0 Å². The minimum absolute atomic E-state index is 0.0388. The van der Waals surface area contributed by atoms with Crippen molar-refractivity contribution in [3.63, 3.8) is 0 Å². The summed E-state index contributed by atoms with van der Waals surface area (Å²) in [7, 11) is 0. The van der Waals surface area contributed by atoms with Crippen LogP contribution in [0.5, 0.6) is 0 Å². The summed E-state index contributed by atoms with van der Waals surface area (Å²) in [4.78, 5) is 36.5. The summed E-state index contributed by atoms with van der Waals surface area (Å²) >= 11 is 5.92. The van der Waals surface area contributed by atoms with Crippen molar-refractivity contribution in [2.24, 2.45) is 0 Å². The van der Waals surface area contributed by atoms with Crippen molar-refractivity contribution in [1.29, 1.82) is 0 Å². The van der Waals surface area contributed by atoms with Crippen molar-refractivity contribution in [2.45, 2.75) is 26.8 Å². The van der Waals surface area contributed by atoms with E-state index in [1.807, 2.05) is 0 Å². The van der Waals surface area contributed by atoms with Gasteiger partial charge in [-0.3, -0.25) is 19.5 Å². The Labute approximate surface area is 136 Å². The van der Waals surface area contributed by atoms with E-state index in [0.717, 1.165) is 11.4 Å². The van der Waals surface area contributed by atoms with Crippen LogP contribution in [0.2, 0.25) is 5.02 Å². The van der Waals surface area contributed by atoms with Crippen LogP contribution in [0.15, 0.2) is 23.0 Å². The molecule has 2 aromatic rings. The van der Waals surface area contributed by atoms with Gasteiger partial charge in [0.05, 0.1) is 15.6 Å². The van der Waals surface area contributed by atoms with Crippen molar-refractivity contribution in [3.05, 3.63) is 55.2 Å². The number of nitrogens with one attached hydrogen (secondary N) is 2. The number of rotatable bonds is 5. The van der Waals surface area contributed by atoms with Gasteiger partial charge in [-0.2, -0.15) is 0 Å². The van der Waals surface area contributed by atoms with E-state index in [4.69, 9.17) is 11.6 Å². The molecule has 1 amide bonds. The number of aryl methyl sites for hydroxylation is 1. The lowest BCUT2D eigenvalue weighted by atomic mass is 10.2. The minimum Gasteiger partial charge on any atom is -0.325 e. The van der Waals surface area contributed by atoms with Crippen LogP contribution in [0.1, 0.15) is 17.8 Å². The standard InChI is InChI=1S/C14H15ClN4O4/c1-8-9(2)18(14(21)16-8)6-5-13(20)17-12-7-10(19(22)23)3-4-11(12)15/h3-4,7H,5-6H2,1-2H3,(H,16,21)(H,17,20). The van der Waals surface area contributed by atoms with E-state index in [1.54, 1.807) is 13.8 Å². The molecule has 0 saturated carbocycles. The molecule has 0 radical (unpaired) electrons. The first-order valence-corrected chi connectivity index (χ1v) is 7.17. The van der Waals surface area contributed by atoms with Crippen molar-refractivity contribution in [2.75, 3.05) is 5.32 Å². The highest BCUT2D eigenvalue weighted by molar-refractivity contribution is 6.33. The number of carbonyl (C=O) groups is 1. The van der Waals surface area contributed by atoms with Gasteiger partial charge in [-0.1, -0.05) is 11.6 Å². The Morgan fingerprint density at radius 3 is 2.70 bits per heavy atom. The SMILES string of the molecule is Cc1[nH]c(=O)n(CCC(=O)Nc2cc([N+](=O)[O-])ccc2Cl)c1C. The zero-order valence-corrected chi connectivity index (χ0v) is 13.3. The Hall–Kier alpha value is -2.61. The third kappa shape index (κ3) is 3.78. The number of hydrogen-bond donors (Lipinski definition) is 2. The Morgan fingerprint density at radius 1 is 1.43 bits per heavy atom. The van der Waals surface area contributed by atoms with E-state index < -0.39 is 10.8 Å². The van der Waals surface area contributed by atoms with Gasteiger partial charge < -0.3 is 10.3 Å². The number of amides is 1. The van der Waals surface area contributed by atoms with Crippen LogP contribution in [0.4, 0.5) is 11.4 Å². The molecule has 0 atom stereocenters. The van der Waals surface area contributed by atoms with E-state index in [0.29, 0.717) is 0 Å². The number of H-pyrrole nitrogens is 1. The predicted octanol–water partition coefficient (Wildman–Crippen LogP) is 2.38. The van der Waals surface area contributed by atoms with Crippen LogP contribution in [-0.4, -0.2) is 20.4 Å². The van der Waals surface area contributed by atoms with Gasteiger partial charge in [0.2, 0.25) is 5.91 Å². The number of aromatic nitrogens is 2. The fraction of sp³-hybridized carbons (Fsp3) is 0.286. The highest BCUT2D eigenvalue weighted by Gasteiger charge is 2.13. The summed E-state index contributed by atoms with van der Waals surface area (Å²) in [6, 6.07) is 3.79. The van der Waals surface area contributed by atoms with Gasteiger partial charge in [0.1, 0.15) is 0 Å². The number of nitrogens with zero attached hydrogens (tertiary/aromatic N) is 2. The second-order valence-electron chi connectivity index (χ2n) is 5.01. The maximum Gasteiger partial charge on any atom is 0.325 e. The first-order chi connectivity index (χ1) is 10.8. The number of nitro benzene ring substituents is 1. The van der Waals surface area contributed by atoms with Gasteiger partial charge in [-0.15, -0.1) is 0 Å². The maximum atomic E-state index is 12.0. The normalized spacial score (nSPS) is 10.6. The molecule has 8 nitrogen and oxygen atoms in total. The number of anilines is 1. The third-order valence-corrected chi connectivity index (χ3v) is 3.81. The second kappa shape index (κ2) is 6.66. The van der Waals surface area contributed by atoms with Crippen molar-refractivity contribution in [3.8, 4) is 0 Å². The van der Waals surface area contributed by atoms with E-state index in [9.17, 15) is 19.7 Å². The molecule has 0 spiro atoms. The molecule has 2 rings (SSSR count). The first-order valence-electron chi connectivity index (χ1n) is 6.79. The molecule has 0 saturated heterocycles. The molecule has 23 heavy (non-hydrogen) atoms. The molecule has 0 aliphatic carbocycles. The molecule has 1 heterocycles. The van der Waals surface area contributed by atoms with Crippen LogP contribution in [0.3, 0.4) is 0 Å². The lowest BCUT2D eigenvalue weighted by Gasteiger charge is -2.08. The zero-order valence-electron chi connectivity index (χ0n) is 12.6. The number of benzene rings is 1. The van der Waals surface area contributed by atoms with Crippen molar-refractivity contribution >= 4 is 28.9 Å². The molecule has 122 valence electrons. The Kier molecular flexibility index (Phi) is 4.85. The van der Waals surface area contributed by atoms with E-state index in [1.165, 1.54) is 22.8 Å². The topological polar surface area (TPSA) is 110 Å². The Balaban J connectivity index is 2.07. The van der Waals surface area contributed by atoms with Gasteiger partial charge in [0.25, 0.3) is 5.69 Å². The Bertz CT molecular complexity index is 825. The number of imidazole rings is 1. The summed E-state index contributed by atoms with van der Waals surface area (Å²) in [5.74, 6) is -0.391. The van der Waals surface area contributed by atoms with Gasteiger partial charge in [0.15, 0.2) is 0 Å². The predicted molar refractivity (Wildman–Crippen MR) is 85.9 cm³/mol. The molecule has 9 heteroatoms. The number of non-ortho nitro benzene ring substituents is 1. The number of aromatic amines is 1. The number of halogens is 1. The molecule has 0 unspecified atom stereocenters. The quantitative estimate of drug-likeness (QED) is 0.644. The van der Waals surface area contributed by atoms with Gasteiger partial charge in [-0.25, -0.2) is 4.79 Å². The summed E-state index contributed by atoms with van der Waals surface area (Å²) in [6.07, 6.45) is 0.0388. The number of hydrogen-bond acceptors (Lipinski definition) is 4. The lowest BCUT2D eigenvalue weighted by molar-refractivity contribution is -0.384. The maximum absolute atomic E-state index is 12.0. The van der Waals surface area contributed by atoms with Gasteiger partial charge >= 0.3 is 5.69 Å². The minimum atomic E-state index is -0.572. The molecular formula is C14H15ClN4O4. The lowest BCUT2D eigenvalue weighted by Crippen LogP contribution is -2.22. The third-order valence-electron chi connectivity index (χ3n) is 3.48. The summed E-state index contributed by atoms with van der Waals surface area (Å²) in [5.41, 5.74) is 1.23. The average molecular weight is 339 g/mol. The summed E-state index contributed by atoms with van der Waals surface area (Å²) < 4.78 is 1.46. The fourth-order valence-corrected chi connectivity index (χ4v) is 2.26. The smallest absolute Gasteiger partial charge is 0.325 e. The molecule has 0 aliphatic rings. The molecule has 0 bridgehead atoms. The van der Waals surface area contributed by atoms with Crippen LogP contribution in [-0.2, 0) is 11.3 Å². The second-order valence-corrected chi connectivity index (χ2v) is 5.42. The summed E-state index contributed by atoms with van der Waals surface area (Å²) in [6.45, 7) is 3.76. The number of nitro groups is 1. The highest BCUT2D eigenvalue weighted by Crippen LogP contribution is 2.26. The van der Waals surface area contributed by atoms with E-state index in [2.05, 4.69) is 10.3 Å². The average Bonchev–Trinajstić information content (AvgIpc) is 2.72. The van der Waals surface area contributed by atoms with E-state index in [-0.39, 0.29) is 35.1 Å². The molecule has 0 fully saturated rings. The molecule has 0 aliphatic heterocycles. The van der Waals surface area contributed by atoms with E-state index >= 15 is 0 Å². The summed E-state index contributed by atoms with van der Waals surface area (Å²) in [5, 5.41) is 13.5. The Morgan fingerprint density at radius 2 is 2.13 bits per heavy atom. The van der Waals surface area contributed by atoms with Crippen LogP contribution in [0, 0.1) is 24.0 Å². The zero-order chi connectivity index (χ0) is 17.1. The number of carbonyl (C=O) groups excluding carboxylic acids is 1. The molecular weight excluding hydrogens is 324 g/mol. The first kappa shape index (κ1) is 16.8. The monoisotopic (exact) mass is 338 g/mol. The largest absolute Gasteiger partial charge is 0.325 e. The molecule has 1 aromatic heterocycles. The fourth-order valence-electron chi connectivity index (χ4n) is 2.09. The van der Waals surface area contributed by atoms with Crippen LogP contribution in [0.25, 0.3) is 0 Å². The van der Waals surface area contributed by atoms with Gasteiger partial charge in [0, 0.05) is 36.5 Å². The van der Waals surface area contributed by atoms with Gasteiger partial charge in [-0.05, 0) is 19.9 Å². The molecule has 2 N–H and O–H groups in total. The highest BCUT2D eigenvalue weighted by atomic mass is 35.5. The van der Waals surface area contributed by atoms with Crippen molar-refractivity contribution in [1.82, 2.24) is 9.55 Å². The molecule has 1 aromatic carbocycles.